The molecular weight excluding hydrogens is 608 g/mol. The molecule has 0 fully saturated rings. The van der Waals surface area contributed by atoms with E-state index in [1.165, 1.54) is 23.5 Å². The second-order valence-electron chi connectivity index (χ2n) is 10.6. The Morgan fingerprint density at radius 3 is 2.37 bits per heavy atom. The molecule has 1 aromatic heterocycles. The van der Waals surface area contributed by atoms with E-state index in [1.54, 1.807) is 48.8 Å². The van der Waals surface area contributed by atoms with Gasteiger partial charge < -0.3 is 19.1 Å². The van der Waals surface area contributed by atoms with Crippen LogP contribution >= 0.6 is 11.3 Å². The first kappa shape index (κ1) is 32.2. The molecule has 46 heavy (non-hydrogen) atoms. The molecule has 1 atom stereocenters. The van der Waals surface area contributed by atoms with Crippen LogP contribution < -0.4 is 29.3 Å². The molecule has 11 nitrogen and oxygen atoms in total. The Labute approximate surface area is 269 Å². The third-order valence-corrected chi connectivity index (χ3v) is 8.33. The number of benzene rings is 3. The molecule has 12 heteroatoms. The molecule has 0 aliphatic carbocycles. The number of nitro groups is 1. The van der Waals surface area contributed by atoms with Crippen LogP contribution in [0.15, 0.2) is 87.8 Å². The number of allylic oxidation sites excluding steroid dienone is 1. The van der Waals surface area contributed by atoms with Gasteiger partial charge in [-0.2, -0.15) is 0 Å². The van der Waals surface area contributed by atoms with E-state index in [-0.39, 0.29) is 24.5 Å². The summed E-state index contributed by atoms with van der Waals surface area (Å²) < 4.78 is 19.2. The monoisotopic (exact) mass is 642 g/mol. The van der Waals surface area contributed by atoms with Gasteiger partial charge in [-0.05, 0) is 79.9 Å². The molecule has 0 saturated heterocycles. The third kappa shape index (κ3) is 6.71. The van der Waals surface area contributed by atoms with Gasteiger partial charge in [0, 0.05) is 31.9 Å². The van der Waals surface area contributed by atoms with Crippen LogP contribution in [0.5, 0.6) is 11.5 Å². The molecule has 4 aromatic rings. The molecule has 0 saturated carbocycles. The SMILES string of the molecule is CCOC(=O)C1=C(C)N=c2s/c(=C\c3ccc(OCc4ccc([N+](=O)[O-])cc4)c(OCC)c3)c(=O)n2[C@@H]1c1ccc(N(C)C)cc1. The van der Waals surface area contributed by atoms with E-state index in [2.05, 4.69) is 4.99 Å². The minimum atomic E-state index is -0.706. The number of nitrogens with zero attached hydrogens (tertiary/aromatic N) is 4. The molecule has 1 aliphatic rings. The maximum absolute atomic E-state index is 14.0. The highest BCUT2D eigenvalue weighted by Gasteiger charge is 2.33. The smallest absolute Gasteiger partial charge is 0.338 e. The van der Waals surface area contributed by atoms with Gasteiger partial charge in [0.25, 0.3) is 11.2 Å². The van der Waals surface area contributed by atoms with Crippen molar-refractivity contribution in [1.82, 2.24) is 4.57 Å². The number of non-ortho nitro benzene ring substituents is 1. The lowest BCUT2D eigenvalue weighted by Crippen LogP contribution is -2.39. The summed E-state index contributed by atoms with van der Waals surface area (Å²) in [6.07, 6.45) is 1.77. The van der Waals surface area contributed by atoms with Crippen LogP contribution in [-0.4, -0.2) is 42.8 Å². The van der Waals surface area contributed by atoms with Crippen molar-refractivity contribution in [2.24, 2.45) is 4.99 Å². The van der Waals surface area contributed by atoms with E-state index in [1.807, 2.05) is 56.3 Å². The van der Waals surface area contributed by atoms with Crippen LogP contribution in [0.2, 0.25) is 0 Å². The van der Waals surface area contributed by atoms with E-state index < -0.39 is 16.9 Å². The first-order chi connectivity index (χ1) is 22.1. The van der Waals surface area contributed by atoms with Gasteiger partial charge >= 0.3 is 5.97 Å². The molecule has 0 unspecified atom stereocenters. The molecule has 5 rings (SSSR count). The number of rotatable bonds is 11. The van der Waals surface area contributed by atoms with Gasteiger partial charge in [-0.15, -0.1) is 0 Å². The molecule has 2 heterocycles. The molecule has 0 N–H and O–H groups in total. The van der Waals surface area contributed by atoms with Crippen LogP contribution in [0.4, 0.5) is 11.4 Å². The number of nitro benzene ring substituents is 1. The summed E-state index contributed by atoms with van der Waals surface area (Å²) in [7, 11) is 3.89. The van der Waals surface area contributed by atoms with Crippen molar-refractivity contribution in [2.45, 2.75) is 33.4 Å². The van der Waals surface area contributed by atoms with E-state index in [9.17, 15) is 19.7 Å². The lowest BCUT2D eigenvalue weighted by Gasteiger charge is -2.25. The second kappa shape index (κ2) is 13.8. The maximum atomic E-state index is 14.0. The van der Waals surface area contributed by atoms with Crippen molar-refractivity contribution in [2.75, 3.05) is 32.2 Å². The van der Waals surface area contributed by atoms with Crippen LogP contribution in [-0.2, 0) is 16.1 Å². The summed E-state index contributed by atoms with van der Waals surface area (Å²) in [5.41, 5.74) is 3.79. The molecule has 0 amide bonds. The van der Waals surface area contributed by atoms with Crippen molar-refractivity contribution in [1.29, 1.82) is 0 Å². The molecule has 0 spiro atoms. The number of aromatic nitrogens is 1. The molecule has 1 aliphatic heterocycles. The number of hydrogen-bond donors (Lipinski definition) is 0. The zero-order chi connectivity index (χ0) is 33.0. The number of thiazole rings is 1. The van der Waals surface area contributed by atoms with E-state index in [0.29, 0.717) is 44.3 Å². The second-order valence-corrected chi connectivity index (χ2v) is 11.6. The van der Waals surface area contributed by atoms with E-state index >= 15 is 0 Å². The minimum Gasteiger partial charge on any atom is -0.490 e. The topological polar surface area (TPSA) is 126 Å². The quantitative estimate of drug-likeness (QED) is 0.130. The Bertz CT molecular complexity index is 1980. The Kier molecular flexibility index (Phi) is 9.67. The van der Waals surface area contributed by atoms with Crippen molar-refractivity contribution in [3.05, 3.63) is 124 Å². The Hall–Kier alpha value is -5.23. The third-order valence-electron chi connectivity index (χ3n) is 7.35. The Balaban J connectivity index is 1.52. The van der Waals surface area contributed by atoms with E-state index in [0.717, 1.165) is 16.8 Å². The zero-order valence-electron chi connectivity index (χ0n) is 26.2. The Morgan fingerprint density at radius 2 is 1.74 bits per heavy atom. The maximum Gasteiger partial charge on any atom is 0.338 e. The zero-order valence-corrected chi connectivity index (χ0v) is 27.0. The molecular formula is C34H34N4O7S. The molecule has 238 valence electrons. The van der Waals surface area contributed by atoms with Gasteiger partial charge in [0.1, 0.15) is 6.61 Å². The lowest BCUT2D eigenvalue weighted by molar-refractivity contribution is -0.384. The normalized spacial score (nSPS) is 14.4. The number of anilines is 1. The van der Waals surface area contributed by atoms with Gasteiger partial charge in [0.15, 0.2) is 16.3 Å². The molecule has 0 bridgehead atoms. The minimum absolute atomic E-state index is 0.00854. The first-order valence-electron chi connectivity index (χ1n) is 14.7. The van der Waals surface area contributed by atoms with Crippen LogP contribution in [0.25, 0.3) is 6.08 Å². The summed E-state index contributed by atoms with van der Waals surface area (Å²) in [5.74, 6) is 0.477. The highest BCUT2D eigenvalue weighted by atomic mass is 32.1. The van der Waals surface area contributed by atoms with Gasteiger partial charge in [-0.3, -0.25) is 19.5 Å². The number of esters is 1. The number of hydrogen-bond acceptors (Lipinski definition) is 10. The molecule has 3 aromatic carbocycles. The fraction of sp³-hybridized carbons (Fsp3) is 0.265. The first-order valence-corrected chi connectivity index (χ1v) is 15.5. The fourth-order valence-corrected chi connectivity index (χ4v) is 6.14. The van der Waals surface area contributed by atoms with Crippen LogP contribution in [0.3, 0.4) is 0 Å². The van der Waals surface area contributed by atoms with Gasteiger partial charge in [0.2, 0.25) is 0 Å². The number of carbonyl (C=O) groups is 1. The predicted molar refractivity (Wildman–Crippen MR) is 176 cm³/mol. The molecule has 0 radical (unpaired) electrons. The van der Waals surface area contributed by atoms with Crippen molar-refractivity contribution in [3.63, 3.8) is 0 Å². The van der Waals surface area contributed by atoms with Crippen molar-refractivity contribution in [3.8, 4) is 11.5 Å². The summed E-state index contributed by atoms with van der Waals surface area (Å²) in [6, 6.07) is 18.5. The number of fused-ring (bicyclic) bond motifs is 1. The van der Waals surface area contributed by atoms with Crippen molar-refractivity contribution < 1.29 is 23.9 Å². The summed E-state index contributed by atoms with van der Waals surface area (Å²) in [4.78, 5) is 44.8. The largest absolute Gasteiger partial charge is 0.490 e. The average molecular weight is 643 g/mol. The van der Waals surface area contributed by atoms with Crippen molar-refractivity contribution >= 4 is 34.8 Å². The highest BCUT2D eigenvalue weighted by molar-refractivity contribution is 7.07. The lowest BCUT2D eigenvalue weighted by atomic mass is 9.95. The fourth-order valence-electron chi connectivity index (χ4n) is 5.09. The van der Waals surface area contributed by atoms with Gasteiger partial charge in [-0.25, -0.2) is 9.79 Å². The number of ether oxygens (including phenoxy) is 3. The number of carbonyl (C=O) groups excluding carboxylic acids is 1. The van der Waals surface area contributed by atoms with Gasteiger partial charge in [-0.1, -0.05) is 29.5 Å². The highest BCUT2D eigenvalue weighted by Crippen LogP contribution is 2.32. The average Bonchev–Trinajstić information content (AvgIpc) is 3.34. The predicted octanol–water partition coefficient (Wildman–Crippen LogP) is 4.75. The van der Waals surface area contributed by atoms with Crippen LogP contribution in [0.1, 0.15) is 43.5 Å². The summed E-state index contributed by atoms with van der Waals surface area (Å²) in [6.45, 7) is 6.14. The standard InChI is InChI=1S/C34H34N4O7S/c1-6-43-28-18-23(10-17-27(28)45-20-22-8-13-26(14-9-22)38(41)42)19-29-32(39)37-31(24-11-15-25(16-12-24)36(4)5)30(33(40)44-7-2)21(3)35-34(37)46-29/h8-19,31H,6-7,20H2,1-5H3/b29-19-/t31-/m1/s1. The van der Waals surface area contributed by atoms with Crippen LogP contribution in [0, 0.1) is 10.1 Å². The summed E-state index contributed by atoms with van der Waals surface area (Å²) >= 11 is 1.24. The van der Waals surface area contributed by atoms with E-state index in [4.69, 9.17) is 14.2 Å². The van der Waals surface area contributed by atoms with Gasteiger partial charge in [0.05, 0.1) is 40.0 Å². The Morgan fingerprint density at radius 1 is 1.02 bits per heavy atom. The summed E-state index contributed by atoms with van der Waals surface area (Å²) in [5, 5.41) is 10.9.